The van der Waals surface area contributed by atoms with Gasteiger partial charge in [0.1, 0.15) is 30.6 Å². The second kappa shape index (κ2) is 7.69. The Hall–Kier alpha value is -2.39. The van der Waals surface area contributed by atoms with Crippen molar-refractivity contribution in [2.24, 2.45) is 0 Å². The van der Waals surface area contributed by atoms with E-state index in [1.165, 1.54) is 12.1 Å². The molecule has 0 saturated carbocycles. The van der Waals surface area contributed by atoms with Crippen molar-refractivity contribution in [3.63, 3.8) is 0 Å². The fourth-order valence-electron chi connectivity index (χ4n) is 2.53. The van der Waals surface area contributed by atoms with Crippen LogP contribution in [0, 0.1) is 11.6 Å². The lowest BCUT2D eigenvalue weighted by molar-refractivity contribution is -0.113. The molecule has 1 heterocycles. The minimum atomic E-state index is -3.88. The zero-order valence-corrected chi connectivity index (χ0v) is 15.4. The van der Waals surface area contributed by atoms with E-state index in [0.717, 1.165) is 12.1 Å². The molecule has 2 aromatic carbocycles. The summed E-state index contributed by atoms with van der Waals surface area (Å²) in [6.07, 6.45) is 0. The van der Waals surface area contributed by atoms with Crippen LogP contribution in [0.3, 0.4) is 0 Å². The summed E-state index contributed by atoms with van der Waals surface area (Å²) in [5.41, 5.74) is 0.0176. The lowest BCUT2D eigenvalue weighted by atomic mass is 10.2. The van der Waals surface area contributed by atoms with E-state index < -0.39 is 38.9 Å². The van der Waals surface area contributed by atoms with Gasteiger partial charge in [-0.2, -0.15) is 0 Å². The van der Waals surface area contributed by atoms with Gasteiger partial charge in [-0.05, 0) is 29.8 Å². The van der Waals surface area contributed by atoms with Crippen LogP contribution in [0.5, 0.6) is 11.5 Å². The fourth-order valence-corrected chi connectivity index (χ4v) is 4.07. The minimum Gasteiger partial charge on any atom is -0.486 e. The summed E-state index contributed by atoms with van der Waals surface area (Å²) in [6.45, 7) is 0.648. The van der Waals surface area contributed by atoms with Crippen LogP contribution in [-0.2, 0) is 20.4 Å². The molecule has 3 rings (SSSR count). The first-order chi connectivity index (χ1) is 12.7. The van der Waals surface area contributed by atoms with Gasteiger partial charge in [0.05, 0.1) is 16.5 Å². The van der Waals surface area contributed by atoms with Gasteiger partial charge in [0, 0.05) is 6.07 Å². The number of carbonyl (C=O) groups is 1. The normalized spacial score (nSPS) is 13.3. The van der Waals surface area contributed by atoms with Gasteiger partial charge >= 0.3 is 0 Å². The van der Waals surface area contributed by atoms with Crippen molar-refractivity contribution in [3.8, 4) is 11.5 Å². The van der Waals surface area contributed by atoms with E-state index in [2.05, 4.69) is 5.32 Å². The molecule has 144 valence electrons. The van der Waals surface area contributed by atoms with Crippen LogP contribution in [0.2, 0.25) is 5.02 Å². The third kappa shape index (κ3) is 4.86. The van der Waals surface area contributed by atoms with Crippen LogP contribution in [0.4, 0.5) is 14.5 Å². The molecule has 0 saturated heterocycles. The molecule has 0 spiro atoms. The SMILES string of the molecule is O=C(CS(=O)(=O)Cc1cc(Cl)c2c(c1)OCCO2)Nc1ccc(F)cc1F. The largest absolute Gasteiger partial charge is 0.486 e. The summed E-state index contributed by atoms with van der Waals surface area (Å²) < 4.78 is 61.7. The third-order valence-electron chi connectivity index (χ3n) is 3.60. The summed E-state index contributed by atoms with van der Waals surface area (Å²) in [6, 6.07) is 5.45. The monoisotopic (exact) mass is 417 g/mol. The number of halogens is 3. The third-order valence-corrected chi connectivity index (χ3v) is 5.36. The number of ether oxygens (including phenoxy) is 2. The Kier molecular flexibility index (Phi) is 5.52. The predicted octanol–water partition coefficient (Wildman–Crippen LogP) is 2.94. The van der Waals surface area contributed by atoms with Crippen LogP contribution in [0.15, 0.2) is 30.3 Å². The number of benzene rings is 2. The molecule has 0 fully saturated rings. The molecule has 1 aliphatic heterocycles. The molecule has 0 bridgehead atoms. The van der Waals surface area contributed by atoms with Gasteiger partial charge in [-0.3, -0.25) is 4.79 Å². The van der Waals surface area contributed by atoms with Crippen molar-refractivity contribution in [2.75, 3.05) is 24.3 Å². The van der Waals surface area contributed by atoms with E-state index in [-0.39, 0.29) is 10.7 Å². The number of fused-ring (bicyclic) bond motifs is 1. The molecule has 0 aliphatic carbocycles. The molecule has 0 aromatic heterocycles. The zero-order valence-electron chi connectivity index (χ0n) is 13.8. The molecule has 1 N–H and O–H groups in total. The number of carbonyl (C=O) groups excluding carboxylic acids is 1. The maximum Gasteiger partial charge on any atom is 0.239 e. The molecular weight excluding hydrogens is 404 g/mol. The van der Waals surface area contributed by atoms with Gasteiger partial charge in [0.15, 0.2) is 21.3 Å². The zero-order chi connectivity index (χ0) is 19.6. The van der Waals surface area contributed by atoms with E-state index in [4.69, 9.17) is 21.1 Å². The van der Waals surface area contributed by atoms with Crippen LogP contribution in [-0.4, -0.2) is 33.3 Å². The standard InChI is InChI=1S/C17H14ClF2NO5S/c18-12-5-10(6-15-17(12)26-4-3-25-15)8-27(23,24)9-16(22)21-14-2-1-11(19)7-13(14)20/h1-2,5-7H,3-4,8-9H2,(H,21,22). The molecule has 1 aliphatic rings. The number of rotatable bonds is 5. The Morgan fingerprint density at radius 2 is 1.89 bits per heavy atom. The molecule has 2 aromatic rings. The van der Waals surface area contributed by atoms with E-state index in [1.807, 2.05) is 0 Å². The molecule has 0 radical (unpaired) electrons. The van der Waals surface area contributed by atoms with Crippen molar-refractivity contribution >= 4 is 33.0 Å². The number of hydrogen-bond acceptors (Lipinski definition) is 5. The minimum absolute atomic E-state index is 0.204. The number of nitrogens with one attached hydrogen (secondary N) is 1. The molecule has 27 heavy (non-hydrogen) atoms. The quantitative estimate of drug-likeness (QED) is 0.808. The van der Waals surface area contributed by atoms with E-state index in [1.54, 1.807) is 0 Å². The number of sulfone groups is 1. The van der Waals surface area contributed by atoms with Gasteiger partial charge in [-0.15, -0.1) is 0 Å². The first kappa shape index (κ1) is 19.4. The average molecular weight is 418 g/mol. The van der Waals surface area contributed by atoms with E-state index in [9.17, 15) is 22.0 Å². The van der Waals surface area contributed by atoms with Crippen molar-refractivity contribution in [2.45, 2.75) is 5.75 Å². The van der Waals surface area contributed by atoms with Gasteiger partial charge < -0.3 is 14.8 Å². The first-order valence-electron chi connectivity index (χ1n) is 7.77. The topological polar surface area (TPSA) is 81.7 Å². The van der Waals surface area contributed by atoms with Crippen LogP contribution >= 0.6 is 11.6 Å². The van der Waals surface area contributed by atoms with Gasteiger partial charge in [-0.25, -0.2) is 17.2 Å². The highest BCUT2D eigenvalue weighted by atomic mass is 35.5. The summed E-state index contributed by atoms with van der Waals surface area (Å²) >= 11 is 6.07. The highest BCUT2D eigenvalue weighted by Crippen LogP contribution is 2.38. The molecule has 6 nitrogen and oxygen atoms in total. The van der Waals surface area contributed by atoms with E-state index >= 15 is 0 Å². The lowest BCUT2D eigenvalue weighted by Gasteiger charge is -2.20. The van der Waals surface area contributed by atoms with Gasteiger partial charge in [0.25, 0.3) is 0 Å². The molecule has 1 amide bonds. The predicted molar refractivity (Wildman–Crippen MR) is 94.9 cm³/mol. The molecular formula is C17H14ClF2NO5S. The van der Waals surface area contributed by atoms with Crippen LogP contribution < -0.4 is 14.8 Å². The van der Waals surface area contributed by atoms with Crippen molar-refractivity contribution in [3.05, 3.63) is 52.6 Å². The number of anilines is 1. The smallest absolute Gasteiger partial charge is 0.239 e. The van der Waals surface area contributed by atoms with Crippen molar-refractivity contribution in [1.82, 2.24) is 0 Å². The van der Waals surface area contributed by atoms with Crippen LogP contribution in [0.1, 0.15) is 5.56 Å². The molecule has 0 atom stereocenters. The summed E-state index contributed by atoms with van der Waals surface area (Å²) in [5, 5.41) is 2.31. The molecule has 10 heteroatoms. The number of amides is 1. The summed E-state index contributed by atoms with van der Waals surface area (Å²) in [4.78, 5) is 11.9. The average Bonchev–Trinajstić information content (AvgIpc) is 2.56. The first-order valence-corrected chi connectivity index (χ1v) is 9.97. The fraction of sp³-hybridized carbons (Fsp3) is 0.235. The van der Waals surface area contributed by atoms with Gasteiger partial charge in [-0.1, -0.05) is 11.6 Å². The number of hydrogen-bond donors (Lipinski definition) is 1. The van der Waals surface area contributed by atoms with Crippen molar-refractivity contribution < 1.29 is 31.5 Å². The Morgan fingerprint density at radius 1 is 1.15 bits per heavy atom. The maximum atomic E-state index is 13.6. The summed E-state index contributed by atoms with van der Waals surface area (Å²) in [7, 11) is -3.88. The Balaban J connectivity index is 1.70. The van der Waals surface area contributed by atoms with Gasteiger partial charge in [0.2, 0.25) is 5.91 Å². The Morgan fingerprint density at radius 3 is 2.63 bits per heavy atom. The highest BCUT2D eigenvalue weighted by Gasteiger charge is 2.22. The second-order valence-corrected chi connectivity index (χ2v) is 8.28. The van der Waals surface area contributed by atoms with E-state index in [0.29, 0.717) is 36.3 Å². The Bertz CT molecular complexity index is 997. The summed E-state index contributed by atoms with van der Waals surface area (Å²) in [5.74, 6) is -3.43. The lowest BCUT2D eigenvalue weighted by Crippen LogP contribution is -2.24. The second-order valence-electron chi connectivity index (χ2n) is 5.81. The van der Waals surface area contributed by atoms with Crippen molar-refractivity contribution in [1.29, 1.82) is 0 Å². The highest BCUT2D eigenvalue weighted by molar-refractivity contribution is 7.91. The Labute approximate surface area is 159 Å². The van der Waals surface area contributed by atoms with Crippen LogP contribution in [0.25, 0.3) is 0 Å². The molecule has 0 unspecified atom stereocenters. The maximum absolute atomic E-state index is 13.6.